The Bertz CT molecular complexity index is 759. The highest BCUT2D eigenvalue weighted by atomic mass is 35.5. The molecular formula is C20H21Cl3O2. The molecule has 0 amide bonds. The van der Waals surface area contributed by atoms with Gasteiger partial charge in [0.05, 0.1) is 0 Å². The lowest BCUT2D eigenvalue weighted by Crippen LogP contribution is -2.32. The van der Waals surface area contributed by atoms with Crippen LogP contribution in [-0.4, -0.2) is 11.3 Å². The highest BCUT2D eigenvalue weighted by Crippen LogP contribution is 2.27. The molecule has 0 N–H and O–H groups in total. The van der Waals surface area contributed by atoms with Crippen LogP contribution in [-0.2, 0) is 11.2 Å². The van der Waals surface area contributed by atoms with Crippen LogP contribution >= 0.6 is 34.8 Å². The number of Topliss-reactive ketones (excluding diaryl/α,β-unsaturated/α-hetero) is 1. The van der Waals surface area contributed by atoms with Crippen LogP contribution < -0.4 is 4.74 Å². The van der Waals surface area contributed by atoms with E-state index in [4.69, 9.17) is 39.5 Å². The third-order valence-electron chi connectivity index (χ3n) is 3.75. The number of hydrogen-bond donors (Lipinski definition) is 0. The van der Waals surface area contributed by atoms with Gasteiger partial charge in [0.25, 0.3) is 0 Å². The van der Waals surface area contributed by atoms with E-state index >= 15 is 0 Å². The van der Waals surface area contributed by atoms with Crippen molar-refractivity contribution in [2.24, 2.45) is 5.41 Å². The van der Waals surface area contributed by atoms with Crippen molar-refractivity contribution in [2.45, 2.75) is 39.7 Å². The van der Waals surface area contributed by atoms with Gasteiger partial charge < -0.3 is 4.74 Å². The molecule has 0 bridgehead atoms. The van der Waals surface area contributed by atoms with E-state index in [0.29, 0.717) is 22.2 Å². The van der Waals surface area contributed by atoms with Gasteiger partial charge in [-0.15, -0.1) is 0 Å². The number of hydrogen-bond acceptors (Lipinski definition) is 2. The van der Waals surface area contributed by atoms with Crippen molar-refractivity contribution in [3.8, 4) is 5.75 Å². The summed E-state index contributed by atoms with van der Waals surface area (Å²) in [5.74, 6) is 0.455. The minimum absolute atomic E-state index is 0.147. The van der Waals surface area contributed by atoms with Gasteiger partial charge in [0, 0.05) is 15.5 Å². The monoisotopic (exact) mass is 398 g/mol. The quantitative estimate of drug-likeness (QED) is 0.540. The van der Waals surface area contributed by atoms with Gasteiger partial charge in [-0.25, -0.2) is 0 Å². The number of carbonyl (C=O) groups excluding carboxylic acids is 1. The molecule has 0 aliphatic heterocycles. The summed E-state index contributed by atoms with van der Waals surface area (Å²) in [6, 6.07) is 11.3. The van der Waals surface area contributed by atoms with E-state index < -0.39 is 11.0 Å². The molecule has 2 rings (SSSR count). The average molecular weight is 400 g/mol. The van der Waals surface area contributed by atoms with Crippen molar-refractivity contribution in [3.63, 3.8) is 0 Å². The third kappa shape index (κ3) is 5.64. The Morgan fingerprint density at radius 1 is 1.04 bits per heavy atom. The van der Waals surface area contributed by atoms with E-state index in [1.807, 2.05) is 58.0 Å². The van der Waals surface area contributed by atoms with Crippen molar-refractivity contribution < 1.29 is 9.53 Å². The van der Waals surface area contributed by atoms with Crippen molar-refractivity contribution in [1.82, 2.24) is 0 Å². The minimum Gasteiger partial charge on any atom is -0.467 e. The zero-order chi connectivity index (χ0) is 18.8. The van der Waals surface area contributed by atoms with Crippen LogP contribution in [0.2, 0.25) is 10.0 Å². The van der Waals surface area contributed by atoms with Gasteiger partial charge in [-0.1, -0.05) is 67.7 Å². The molecule has 0 spiro atoms. The Morgan fingerprint density at radius 3 is 2.16 bits per heavy atom. The predicted molar refractivity (Wildman–Crippen MR) is 105 cm³/mol. The van der Waals surface area contributed by atoms with E-state index in [-0.39, 0.29) is 5.78 Å². The van der Waals surface area contributed by atoms with Crippen molar-refractivity contribution >= 4 is 40.6 Å². The van der Waals surface area contributed by atoms with Gasteiger partial charge in [0.1, 0.15) is 5.75 Å². The van der Waals surface area contributed by atoms with Crippen LogP contribution in [0.15, 0.2) is 36.4 Å². The second-order valence-corrected chi connectivity index (χ2v) is 8.37. The molecule has 2 aromatic carbocycles. The first-order chi connectivity index (χ1) is 11.6. The van der Waals surface area contributed by atoms with Gasteiger partial charge in [0.15, 0.2) is 5.78 Å². The maximum absolute atomic E-state index is 12.2. The van der Waals surface area contributed by atoms with E-state index in [2.05, 4.69) is 0 Å². The highest BCUT2D eigenvalue weighted by molar-refractivity contribution is 6.34. The molecule has 25 heavy (non-hydrogen) atoms. The second kappa shape index (κ2) is 7.99. The lowest BCUT2D eigenvalue weighted by atomic mass is 9.91. The fourth-order valence-electron chi connectivity index (χ4n) is 2.41. The minimum atomic E-state index is -1.00. The number of carbonyl (C=O) groups is 1. The molecule has 1 atom stereocenters. The Labute approximate surface area is 164 Å². The molecule has 0 saturated heterocycles. The standard InChI is InChI=1S/C20H21Cl3O2/c1-12-7-13(8-14-9-15(21)11-16(22)10-14)5-6-17(12)25-19(23)18(24)20(2,3)4/h5-7,9-11,19H,8H2,1-4H3. The summed E-state index contributed by atoms with van der Waals surface area (Å²) in [4.78, 5) is 12.2. The summed E-state index contributed by atoms with van der Waals surface area (Å²) >= 11 is 18.2. The normalized spacial score (nSPS) is 12.8. The average Bonchev–Trinajstić information content (AvgIpc) is 2.47. The first kappa shape index (κ1) is 20.1. The van der Waals surface area contributed by atoms with Crippen LogP contribution in [0.5, 0.6) is 5.75 Å². The summed E-state index contributed by atoms with van der Waals surface area (Å²) < 4.78 is 5.65. The molecule has 0 radical (unpaired) electrons. The van der Waals surface area contributed by atoms with Gasteiger partial charge in [-0.05, 0) is 54.3 Å². The molecular weight excluding hydrogens is 379 g/mol. The smallest absolute Gasteiger partial charge is 0.230 e. The summed E-state index contributed by atoms with van der Waals surface area (Å²) in [5.41, 5.74) is 1.49. The van der Waals surface area contributed by atoms with Gasteiger partial charge in [-0.3, -0.25) is 4.79 Å². The Balaban J connectivity index is 2.14. The van der Waals surface area contributed by atoms with Gasteiger partial charge >= 0.3 is 0 Å². The van der Waals surface area contributed by atoms with E-state index in [0.717, 1.165) is 16.7 Å². The summed E-state index contributed by atoms with van der Waals surface area (Å²) in [7, 11) is 0. The number of halogens is 3. The maximum atomic E-state index is 12.2. The number of ketones is 1. The third-order valence-corrected chi connectivity index (χ3v) is 4.47. The van der Waals surface area contributed by atoms with Crippen LogP contribution in [0.4, 0.5) is 0 Å². The number of benzene rings is 2. The number of ether oxygens (including phenoxy) is 1. The Hall–Kier alpha value is -1.22. The zero-order valence-corrected chi connectivity index (χ0v) is 17.0. The first-order valence-electron chi connectivity index (χ1n) is 7.96. The van der Waals surface area contributed by atoms with Crippen LogP contribution in [0.25, 0.3) is 0 Å². The second-order valence-electron chi connectivity index (χ2n) is 7.10. The molecule has 0 aliphatic carbocycles. The van der Waals surface area contributed by atoms with Crippen molar-refractivity contribution in [2.75, 3.05) is 0 Å². The van der Waals surface area contributed by atoms with Crippen LogP contribution in [0.3, 0.4) is 0 Å². The summed E-state index contributed by atoms with van der Waals surface area (Å²) in [6.45, 7) is 7.38. The van der Waals surface area contributed by atoms with Crippen LogP contribution in [0, 0.1) is 12.3 Å². The molecule has 0 heterocycles. The molecule has 2 nitrogen and oxygen atoms in total. The molecule has 134 valence electrons. The molecule has 2 aromatic rings. The number of aryl methyl sites for hydroxylation is 1. The molecule has 5 heteroatoms. The largest absolute Gasteiger partial charge is 0.467 e. The van der Waals surface area contributed by atoms with Crippen molar-refractivity contribution in [1.29, 1.82) is 0 Å². The van der Waals surface area contributed by atoms with Gasteiger partial charge in [-0.2, -0.15) is 0 Å². The predicted octanol–water partition coefficient (Wildman–Crippen LogP) is 6.45. The van der Waals surface area contributed by atoms with E-state index in [1.165, 1.54) is 0 Å². The maximum Gasteiger partial charge on any atom is 0.230 e. The van der Waals surface area contributed by atoms with Crippen LogP contribution in [0.1, 0.15) is 37.5 Å². The number of rotatable bonds is 5. The lowest BCUT2D eigenvalue weighted by Gasteiger charge is -2.22. The molecule has 0 aliphatic rings. The van der Waals surface area contributed by atoms with Gasteiger partial charge in [0.2, 0.25) is 5.56 Å². The number of alkyl halides is 1. The Kier molecular flexibility index (Phi) is 6.42. The zero-order valence-electron chi connectivity index (χ0n) is 14.7. The lowest BCUT2D eigenvalue weighted by molar-refractivity contribution is -0.130. The molecule has 0 saturated carbocycles. The van der Waals surface area contributed by atoms with E-state index in [9.17, 15) is 4.79 Å². The summed E-state index contributed by atoms with van der Waals surface area (Å²) in [6.07, 6.45) is 0.701. The molecule has 0 fully saturated rings. The SMILES string of the molecule is Cc1cc(Cc2cc(Cl)cc(Cl)c2)ccc1OC(Cl)C(=O)C(C)(C)C. The first-order valence-corrected chi connectivity index (χ1v) is 9.15. The fraction of sp³-hybridized carbons (Fsp3) is 0.350. The van der Waals surface area contributed by atoms with E-state index in [1.54, 1.807) is 6.07 Å². The van der Waals surface area contributed by atoms with Crippen molar-refractivity contribution in [3.05, 3.63) is 63.1 Å². The fourth-order valence-corrected chi connectivity index (χ4v) is 3.40. The highest BCUT2D eigenvalue weighted by Gasteiger charge is 2.30. The summed E-state index contributed by atoms with van der Waals surface area (Å²) in [5, 5.41) is 1.23. The molecule has 0 aromatic heterocycles. The Morgan fingerprint density at radius 2 is 1.64 bits per heavy atom. The topological polar surface area (TPSA) is 26.3 Å². The molecule has 1 unspecified atom stereocenters.